The lowest BCUT2D eigenvalue weighted by molar-refractivity contribution is 0.0600. The second kappa shape index (κ2) is 11.1. The van der Waals surface area contributed by atoms with E-state index in [2.05, 4.69) is 11.4 Å². The van der Waals surface area contributed by atoms with Crippen LogP contribution in [0.5, 0.6) is 0 Å². The van der Waals surface area contributed by atoms with Gasteiger partial charge in [-0.2, -0.15) is 0 Å². The molecule has 0 aliphatic heterocycles. The second-order valence-electron chi connectivity index (χ2n) is 9.41. The molecule has 1 fully saturated rings. The van der Waals surface area contributed by atoms with E-state index in [1.807, 2.05) is 49.4 Å². The largest absolute Gasteiger partial charge is 0.465 e. The molecule has 8 nitrogen and oxygen atoms in total. The summed E-state index contributed by atoms with van der Waals surface area (Å²) < 4.78 is 4.87. The van der Waals surface area contributed by atoms with Crippen molar-refractivity contribution in [3.05, 3.63) is 99.9 Å². The number of primary amides is 1. The molecule has 1 aliphatic rings. The van der Waals surface area contributed by atoms with Crippen LogP contribution in [0.25, 0.3) is 11.3 Å². The number of rotatable bonds is 8. The van der Waals surface area contributed by atoms with Gasteiger partial charge in [0.15, 0.2) is 5.13 Å². The van der Waals surface area contributed by atoms with Crippen LogP contribution in [0.2, 0.25) is 0 Å². The number of carbonyl (C=O) groups is 3. The summed E-state index contributed by atoms with van der Waals surface area (Å²) in [5.41, 5.74) is 10.7. The van der Waals surface area contributed by atoms with Gasteiger partial charge in [-0.1, -0.05) is 65.9 Å². The number of anilines is 2. The molecular weight excluding hydrogens is 512 g/mol. The van der Waals surface area contributed by atoms with Gasteiger partial charge in [0.2, 0.25) is 0 Å². The molecule has 1 saturated carbocycles. The summed E-state index contributed by atoms with van der Waals surface area (Å²) in [5.74, 6) is -0.381. The Morgan fingerprint density at radius 3 is 2.51 bits per heavy atom. The molecule has 1 aromatic heterocycles. The molecule has 39 heavy (non-hydrogen) atoms. The van der Waals surface area contributed by atoms with E-state index < -0.39 is 12.0 Å². The maximum absolute atomic E-state index is 13.5. The lowest BCUT2D eigenvalue weighted by atomic mass is 10.1. The zero-order valence-corrected chi connectivity index (χ0v) is 22.5. The minimum atomic E-state index is -0.703. The van der Waals surface area contributed by atoms with Gasteiger partial charge in [0, 0.05) is 12.1 Å². The standard InChI is InChI=1S/C30H28N4O4S/c1-18-11-12-21(20-13-14-20)16-24(18)34(29(31)37)30-33-25(22-9-6-10-23(15-22)28(36)38-2)26(39-30)27(35)32-17-19-7-4-3-5-8-19/h3-12,15-16,20H,13-14,17H2,1-2H3,(H2,31,37)(H,32,35). The van der Waals surface area contributed by atoms with Crippen LogP contribution in [0.1, 0.15) is 55.5 Å². The molecule has 3 amide bonds. The molecule has 0 unspecified atom stereocenters. The van der Waals surface area contributed by atoms with Crippen LogP contribution in [-0.4, -0.2) is 30.0 Å². The Labute approximate surface area is 230 Å². The van der Waals surface area contributed by atoms with Gasteiger partial charge in [-0.05, 0) is 60.6 Å². The minimum Gasteiger partial charge on any atom is -0.465 e. The first-order valence-corrected chi connectivity index (χ1v) is 13.4. The number of thiazole rings is 1. The molecule has 0 spiro atoms. The fourth-order valence-electron chi connectivity index (χ4n) is 4.38. The van der Waals surface area contributed by atoms with Gasteiger partial charge in [-0.3, -0.25) is 4.79 Å². The molecule has 0 radical (unpaired) electrons. The number of urea groups is 1. The predicted octanol–water partition coefficient (Wildman–Crippen LogP) is 5.93. The van der Waals surface area contributed by atoms with Crippen LogP contribution in [0.4, 0.5) is 15.6 Å². The SMILES string of the molecule is COC(=O)c1cccc(-c2nc(N(C(N)=O)c3cc(C4CC4)ccc3C)sc2C(=O)NCc2ccccc2)c1. The summed E-state index contributed by atoms with van der Waals surface area (Å²) in [6, 6.07) is 21.6. The zero-order chi connectivity index (χ0) is 27.5. The van der Waals surface area contributed by atoms with Gasteiger partial charge in [0.1, 0.15) is 4.88 Å². The lowest BCUT2D eigenvalue weighted by Gasteiger charge is -2.20. The number of aryl methyl sites for hydroxylation is 1. The van der Waals surface area contributed by atoms with Gasteiger partial charge in [-0.25, -0.2) is 19.5 Å². The molecule has 1 aliphatic carbocycles. The van der Waals surface area contributed by atoms with E-state index in [0.717, 1.165) is 40.9 Å². The molecule has 3 aromatic carbocycles. The molecule has 198 valence electrons. The fourth-order valence-corrected chi connectivity index (χ4v) is 5.40. The molecular formula is C30H28N4O4S. The molecule has 1 heterocycles. The van der Waals surface area contributed by atoms with Crippen molar-refractivity contribution in [2.75, 3.05) is 12.0 Å². The summed E-state index contributed by atoms with van der Waals surface area (Å²) in [7, 11) is 1.31. The van der Waals surface area contributed by atoms with Crippen molar-refractivity contribution >= 4 is 40.1 Å². The minimum absolute atomic E-state index is 0.266. The molecule has 3 N–H and O–H groups in total. The zero-order valence-electron chi connectivity index (χ0n) is 21.6. The molecule has 0 saturated heterocycles. The van der Waals surface area contributed by atoms with Gasteiger partial charge >= 0.3 is 12.0 Å². The van der Waals surface area contributed by atoms with Crippen LogP contribution < -0.4 is 16.0 Å². The van der Waals surface area contributed by atoms with Crippen molar-refractivity contribution in [2.45, 2.75) is 32.2 Å². The number of benzene rings is 3. The summed E-state index contributed by atoms with van der Waals surface area (Å²) in [5, 5.41) is 3.21. The average Bonchev–Trinajstić information content (AvgIpc) is 3.71. The number of hydrogen-bond acceptors (Lipinski definition) is 6. The summed E-state index contributed by atoms with van der Waals surface area (Å²) in [6.45, 7) is 2.22. The fraction of sp³-hybridized carbons (Fsp3) is 0.200. The Bertz CT molecular complexity index is 1550. The van der Waals surface area contributed by atoms with Crippen molar-refractivity contribution in [1.82, 2.24) is 10.3 Å². The van der Waals surface area contributed by atoms with E-state index in [1.54, 1.807) is 24.3 Å². The highest BCUT2D eigenvalue weighted by Gasteiger charge is 2.29. The number of methoxy groups -OCH3 is 1. The molecule has 4 aromatic rings. The molecule has 5 rings (SSSR count). The van der Waals surface area contributed by atoms with Crippen LogP contribution in [0.15, 0.2) is 72.8 Å². The molecule has 9 heteroatoms. The molecule has 0 atom stereocenters. The van der Waals surface area contributed by atoms with Gasteiger partial charge < -0.3 is 15.8 Å². The van der Waals surface area contributed by atoms with Crippen molar-refractivity contribution in [2.24, 2.45) is 5.73 Å². The van der Waals surface area contributed by atoms with Crippen molar-refractivity contribution in [3.63, 3.8) is 0 Å². The quantitative estimate of drug-likeness (QED) is 0.269. The maximum Gasteiger partial charge on any atom is 0.337 e. The summed E-state index contributed by atoms with van der Waals surface area (Å²) >= 11 is 1.07. The van der Waals surface area contributed by atoms with E-state index >= 15 is 0 Å². The monoisotopic (exact) mass is 540 g/mol. The summed E-state index contributed by atoms with van der Waals surface area (Å²) in [4.78, 5) is 44.9. The first-order valence-electron chi connectivity index (χ1n) is 12.6. The van der Waals surface area contributed by atoms with Gasteiger partial charge in [0.25, 0.3) is 5.91 Å². The van der Waals surface area contributed by atoms with Crippen molar-refractivity contribution in [1.29, 1.82) is 0 Å². The normalized spacial score (nSPS) is 12.6. The number of ether oxygens (including phenoxy) is 1. The highest BCUT2D eigenvalue weighted by Crippen LogP contribution is 2.43. The van der Waals surface area contributed by atoms with E-state index in [0.29, 0.717) is 39.8 Å². The number of amides is 3. The second-order valence-corrected chi connectivity index (χ2v) is 10.4. The lowest BCUT2D eigenvalue weighted by Crippen LogP contribution is -2.32. The maximum atomic E-state index is 13.5. The van der Waals surface area contributed by atoms with Crippen LogP contribution in [-0.2, 0) is 11.3 Å². The number of esters is 1. The first kappa shape index (κ1) is 26.1. The van der Waals surface area contributed by atoms with E-state index in [1.165, 1.54) is 12.0 Å². The topological polar surface area (TPSA) is 115 Å². The number of hydrogen-bond donors (Lipinski definition) is 2. The highest BCUT2D eigenvalue weighted by molar-refractivity contribution is 7.18. The Morgan fingerprint density at radius 1 is 1.05 bits per heavy atom. The third kappa shape index (κ3) is 5.68. The van der Waals surface area contributed by atoms with Crippen molar-refractivity contribution in [3.8, 4) is 11.3 Å². The number of nitrogens with one attached hydrogen (secondary N) is 1. The number of nitrogens with zero attached hydrogens (tertiary/aromatic N) is 2. The average molecular weight is 541 g/mol. The van der Waals surface area contributed by atoms with Crippen LogP contribution in [0, 0.1) is 6.92 Å². The van der Waals surface area contributed by atoms with E-state index in [4.69, 9.17) is 15.5 Å². The predicted molar refractivity (Wildman–Crippen MR) is 151 cm³/mol. The van der Waals surface area contributed by atoms with Crippen molar-refractivity contribution < 1.29 is 19.1 Å². The third-order valence-electron chi connectivity index (χ3n) is 6.61. The third-order valence-corrected chi connectivity index (χ3v) is 7.65. The van der Waals surface area contributed by atoms with E-state index in [-0.39, 0.29) is 11.0 Å². The van der Waals surface area contributed by atoms with E-state index in [9.17, 15) is 14.4 Å². The van der Waals surface area contributed by atoms with Crippen LogP contribution >= 0.6 is 11.3 Å². The Kier molecular flexibility index (Phi) is 7.42. The Hall–Kier alpha value is -4.50. The van der Waals surface area contributed by atoms with Crippen LogP contribution in [0.3, 0.4) is 0 Å². The highest BCUT2D eigenvalue weighted by atomic mass is 32.1. The Morgan fingerprint density at radius 2 is 1.82 bits per heavy atom. The Balaban J connectivity index is 1.58. The number of aromatic nitrogens is 1. The number of nitrogens with two attached hydrogens (primary N) is 1. The smallest absolute Gasteiger partial charge is 0.337 e. The van der Waals surface area contributed by atoms with Gasteiger partial charge in [-0.15, -0.1) is 0 Å². The first-order chi connectivity index (χ1) is 18.9. The molecule has 0 bridgehead atoms. The van der Waals surface area contributed by atoms with Gasteiger partial charge in [0.05, 0.1) is 24.1 Å². The number of carbonyl (C=O) groups excluding carboxylic acids is 3. The summed E-state index contributed by atoms with van der Waals surface area (Å²) in [6.07, 6.45) is 2.23.